The molecule has 11 nitrogen and oxygen atoms in total. The van der Waals surface area contributed by atoms with Gasteiger partial charge in [0, 0.05) is 12.8 Å². The van der Waals surface area contributed by atoms with Gasteiger partial charge in [0.1, 0.15) is 12.6 Å². The van der Waals surface area contributed by atoms with E-state index in [4.69, 9.17) is 24.8 Å². The van der Waals surface area contributed by atoms with E-state index < -0.39 is 51.1 Å². The van der Waals surface area contributed by atoms with E-state index in [-0.39, 0.29) is 19.4 Å². The van der Waals surface area contributed by atoms with Crippen molar-refractivity contribution in [3.8, 4) is 0 Å². The third-order valence-electron chi connectivity index (χ3n) is 8.49. The quantitative estimate of drug-likeness (QED) is 0.0235. The van der Waals surface area contributed by atoms with Crippen molar-refractivity contribution < 1.29 is 47.5 Å². The molecule has 3 atom stereocenters. The van der Waals surface area contributed by atoms with Crippen LogP contribution >= 0.6 is 7.82 Å². The fourth-order valence-electron chi connectivity index (χ4n) is 5.15. The summed E-state index contributed by atoms with van der Waals surface area (Å²) in [7, 11) is -4.73. The first kappa shape index (κ1) is 52.2. The van der Waals surface area contributed by atoms with Gasteiger partial charge in [0.15, 0.2) is 6.10 Å². The van der Waals surface area contributed by atoms with Crippen LogP contribution in [-0.2, 0) is 37.5 Å². The van der Waals surface area contributed by atoms with Gasteiger partial charge in [-0.05, 0) is 70.6 Å². The fraction of sp³-hybridized carbons (Fsp3) is 0.698. The van der Waals surface area contributed by atoms with Crippen LogP contribution in [0.25, 0.3) is 0 Å². The van der Waals surface area contributed by atoms with Gasteiger partial charge < -0.3 is 25.2 Å². The van der Waals surface area contributed by atoms with Crippen LogP contribution in [0, 0.1) is 0 Å². The zero-order valence-corrected chi connectivity index (χ0v) is 34.9. The van der Waals surface area contributed by atoms with Gasteiger partial charge in [-0.3, -0.25) is 23.4 Å². The van der Waals surface area contributed by atoms with E-state index in [1.54, 1.807) is 0 Å². The number of phosphoric ester groups is 1. The van der Waals surface area contributed by atoms with Gasteiger partial charge >= 0.3 is 25.7 Å². The van der Waals surface area contributed by atoms with E-state index in [1.807, 2.05) is 12.2 Å². The molecule has 0 radical (unpaired) electrons. The van der Waals surface area contributed by atoms with E-state index >= 15 is 0 Å². The number of allylic oxidation sites excluding steroid dienone is 10. The van der Waals surface area contributed by atoms with Crippen LogP contribution in [-0.4, -0.2) is 59.9 Å². The molecule has 0 spiro atoms. The van der Waals surface area contributed by atoms with E-state index in [0.717, 1.165) is 64.2 Å². The summed E-state index contributed by atoms with van der Waals surface area (Å²) in [5, 5.41) is 8.87. The lowest BCUT2D eigenvalue weighted by atomic mass is 10.1. The highest BCUT2D eigenvalue weighted by atomic mass is 31.2. The topological polar surface area (TPSA) is 172 Å². The lowest BCUT2D eigenvalue weighted by Gasteiger charge is -2.20. The molecule has 12 heteroatoms. The van der Waals surface area contributed by atoms with Gasteiger partial charge in [0.05, 0.1) is 13.2 Å². The van der Waals surface area contributed by atoms with Crippen molar-refractivity contribution in [3.05, 3.63) is 60.8 Å². The number of carboxylic acid groups (broad SMARTS) is 1. The van der Waals surface area contributed by atoms with Crippen molar-refractivity contribution in [2.45, 2.75) is 174 Å². The number of esters is 2. The van der Waals surface area contributed by atoms with Gasteiger partial charge in [-0.15, -0.1) is 0 Å². The third-order valence-corrected chi connectivity index (χ3v) is 9.44. The molecule has 0 saturated heterocycles. The number of phosphoric acid groups is 1. The second kappa shape index (κ2) is 38.1. The van der Waals surface area contributed by atoms with Gasteiger partial charge in [-0.25, -0.2) is 4.57 Å². The molecule has 0 bridgehead atoms. The Morgan fingerprint density at radius 2 is 1.00 bits per heavy atom. The molecule has 0 aliphatic heterocycles. The number of hydrogen-bond donors (Lipinski definition) is 3. The Hall–Kier alpha value is -2.82. The summed E-state index contributed by atoms with van der Waals surface area (Å²) in [6.07, 6.45) is 42.9. The molecule has 0 aromatic rings. The van der Waals surface area contributed by atoms with Crippen LogP contribution in [0.5, 0.6) is 0 Å². The maximum absolute atomic E-state index is 12.6. The lowest BCUT2D eigenvalue weighted by Crippen LogP contribution is -2.34. The number of unbranched alkanes of at least 4 members (excludes halogenated alkanes) is 14. The number of carbonyl (C=O) groups is 3. The van der Waals surface area contributed by atoms with Gasteiger partial charge in [0.2, 0.25) is 0 Å². The number of hydrogen-bond acceptors (Lipinski definition) is 9. The molecule has 0 heterocycles. The minimum absolute atomic E-state index is 0.0840. The average molecular weight is 796 g/mol. The van der Waals surface area contributed by atoms with Crippen LogP contribution in [0.3, 0.4) is 0 Å². The minimum atomic E-state index is -4.73. The lowest BCUT2D eigenvalue weighted by molar-refractivity contribution is -0.161. The van der Waals surface area contributed by atoms with Crippen molar-refractivity contribution in [1.82, 2.24) is 0 Å². The molecule has 4 N–H and O–H groups in total. The highest BCUT2D eigenvalue weighted by Crippen LogP contribution is 2.43. The highest BCUT2D eigenvalue weighted by Gasteiger charge is 2.28. The van der Waals surface area contributed by atoms with Crippen LogP contribution in [0.2, 0.25) is 0 Å². The van der Waals surface area contributed by atoms with E-state index in [1.165, 1.54) is 51.4 Å². The molecule has 0 fully saturated rings. The molecular weight excluding hydrogens is 721 g/mol. The molecule has 316 valence electrons. The van der Waals surface area contributed by atoms with Crippen molar-refractivity contribution >= 4 is 25.7 Å². The van der Waals surface area contributed by atoms with E-state index in [0.29, 0.717) is 19.3 Å². The molecule has 0 aliphatic carbocycles. The Bertz CT molecular complexity index is 1170. The van der Waals surface area contributed by atoms with Gasteiger partial charge in [0.25, 0.3) is 0 Å². The van der Waals surface area contributed by atoms with Crippen LogP contribution in [0.1, 0.15) is 162 Å². The zero-order chi connectivity index (χ0) is 40.7. The summed E-state index contributed by atoms with van der Waals surface area (Å²) in [4.78, 5) is 45.8. The summed E-state index contributed by atoms with van der Waals surface area (Å²) in [5.41, 5.74) is 5.32. The van der Waals surface area contributed by atoms with Gasteiger partial charge in [-0.1, -0.05) is 139 Å². The fourth-order valence-corrected chi connectivity index (χ4v) is 5.93. The van der Waals surface area contributed by atoms with Crippen LogP contribution in [0.4, 0.5) is 0 Å². The van der Waals surface area contributed by atoms with E-state index in [9.17, 15) is 23.8 Å². The number of ether oxygens (including phenoxy) is 2. The Kier molecular flexibility index (Phi) is 36.1. The smallest absolute Gasteiger partial charge is 0.472 e. The number of aliphatic carboxylic acids is 1. The van der Waals surface area contributed by atoms with Crippen molar-refractivity contribution in [3.63, 3.8) is 0 Å². The molecule has 0 aliphatic rings. The van der Waals surface area contributed by atoms with Crippen molar-refractivity contribution in [1.29, 1.82) is 0 Å². The predicted octanol–water partition coefficient (Wildman–Crippen LogP) is 10.8. The molecular formula is C43H74NO10P. The summed E-state index contributed by atoms with van der Waals surface area (Å²) < 4.78 is 32.6. The standard InChI is InChI=1S/C43H74NO10P/c1-3-5-7-9-11-13-15-17-19-20-21-23-25-27-29-31-33-35-42(46)54-39(37-52-55(49,50)53-38-40(44)43(47)48)36-51-41(45)34-32-30-28-26-24-22-18-16-14-12-10-8-6-4-2/h10,12,16-19,21,23,27,29,39-40H,3-9,11,13-15,20,22,24-26,28,30-38,44H2,1-2H3,(H,47,48)(H,49,50)/b12-10+,18-16+,19-17+,23-21+,29-27+/t39-,40+/m1/s1. The first-order valence-electron chi connectivity index (χ1n) is 20.8. The minimum Gasteiger partial charge on any atom is -0.480 e. The second-order valence-corrected chi connectivity index (χ2v) is 15.2. The first-order chi connectivity index (χ1) is 26.6. The number of nitrogens with two attached hydrogens (primary N) is 1. The molecule has 0 rings (SSSR count). The monoisotopic (exact) mass is 796 g/mol. The van der Waals surface area contributed by atoms with E-state index in [2.05, 4.69) is 67.0 Å². The molecule has 0 aromatic carbocycles. The van der Waals surface area contributed by atoms with Crippen LogP contribution in [0.15, 0.2) is 60.8 Å². The summed E-state index contributed by atoms with van der Waals surface area (Å²) in [5.74, 6) is -2.47. The Morgan fingerprint density at radius 3 is 1.55 bits per heavy atom. The summed E-state index contributed by atoms with van der Waals surface area (Å²) >= 11 is 0. The average Bonchev–Trinajstić information content (AvgIpc) is 3.16. The molecule has 55 heavy (non-hydrogen) atoms. The summed E-state index contributed by atoms with van der Waals surface area (Å²) in [6.45, 7) is 2.67. The SMILES string of the molecule is CCCC/C=C/C/C=C/CCCCCCCC(=O)OC[C@H](COP(=O)(O)OC[C@H](N)C(=O)O)OC(=O)CCC/C=C/C/C=C/C/C=C/CCCCCCCC. The number of rotatable bonds is 38. The largest absolute Gasteiger partial charge is 0.480 e. The Morgan fingerprint density at radius 1 is 0.564 bits per heavy atom. The maximum atomic E-state index is 12.6. The van der Waals surface area contributed by atoms with Crippen LogP contribution < -0.4 is 5.73 Å². The van der Waals surface area contributed by atoms with Crippen molar-refractivity contribution in [2.75, 3.05) is 19.8 Å². The molecule has 0 aromatic heterocycles. The molecule has 0 saturated carbocycles. The number of carbonyl (C=O) groups excluding carboxylic acids is 2. The van der Waals surface area contributed by atoms with Crippen molar-refractivity contribution in [2.24, 2.45) is 5.73 Å². The Labute approximate surface area is 332 Å². The number of carboxylic acids is 1. The third kappa shape index (κ3) is 37.9. The molecule has 1 unspecified atom stereocenters. The first-order valence-corrected chi connectivity index (χ1v) is 22.3. The highest BCUT2D eigenvalue weighted by molar-refractivity contribution is 7.47. The second-order valence-electron chi connectivity index (χ2n) is 13.8. The van der Waals surface area contributed by atoms with Gasteiger partial charge in [-0.2, -0.15) is 0 Å². The normalized spacial score (nSPS) is 14.4. The molecule has 0 amide bonds. The summed E-state index contributed by atoms with van der Waals surface area (Å²) in [6, 6.07) is -1.53. The zero-order valence-electron chi connectivity index (χ0n) is 34.0. The predicted molar refractivity (Wildman–Crippen MR) is 221 cm³/mol. The Balaban J connectivity index is 4.52. The maximum Gasteiger partial charge on any atom is 0.472 e.